The lowest BCUT2D eigenvalue weighted by Gasteiger charge is -2.36. The number of hydrogen-bond donors (Lipinski definition) is 1. The predicted molar refractivity (Wildman–Crippen MR) is 99.1 cm³/mol. The van der Waals surface area contributed by atoms with Gasteiger partial charge in [-0.05, 0) is 32.7 Å². The number of hydrogen-bond acceptors (Lipinski definition) is 5. The maximum Gasteiger partial charge on any atom is 0.518 e. The molecular weight excluding hydrogens is 336 g/mol. The second kappa shape index (κ2) is 9.08. The lowest BCUT2D eigenvalue weighted by molar-refractivity contribution is 0.115. The average molecular weight is 373 g/mol. The van der Waals surface area contributed by atoms with E-state index in [9.17, 15) is 5.11 Å². The minimum Gasteiger partial charge on any atom is -0.437 e. The van der Waals surface area contributed by atoms with E-state index in [4.69, 9.17) is 17.1 Å². The van der Waals surface area contributed by atoms with Crippen LogP contribution >= 0.6 is 0 Å². The number of aliphatic hydroxyl groups is 1. The maximum absolute atomic E-state index is 9.30. The second-order valence-electron chi connectivity index (χ2n) is 7.97. The van der Waals surface area contributed by atoms with Crippen molar-refractivity contribution >= 4 is 33.8 Å². The van der Waals surface area contributed by atoms with Gasteiger partial charge >= 0.3 is 17.4 Å². The van der Waals surface area contributed by atoms with E-state index in [1.165, 1.54) is 14.2 Å². The molecule has 1 N–H and O–H groups in total. The topological polar surface area (TPSA) is 57.2 Å². The highest BCUT2D eigenvalue weighted by Gasteiger charge is 2.46. The van der Waals surface area contributed by atoms with Crippen molar-refractivity contribution in [3.8, 4) is 0 Å². The van der Waals surface area contributed by atoms with Gasteiger partial charge in [0.05, 0.1) is 0 Å². The molecule has 0 aromatic carbocycles. The minimum absolute atomic E-state index is 0.231. The number of rotatable bonds is 7. The molecule has 0 amide bonds. The van der Waals surface area contributed by atoms with Gasteiger partial charge in [-0.3, -0.25) is 0 Å². The molecule has 0 saturated carbocycles. The molecule has 0 saturated heterocycles. The van der Waals surface area contributed by atoms with Crippen molar-refractivity contribution in [3.05, 3.63) is 0 Å². The molecule has 0 heterocycles. The molecule has 0 unspecified atom stereocenters. The summed E-state index contributed by atoms with van der Waals surface area (Å²) in [4.78, 5) is 0. The Morgan fingerprint density at radius 3 is 1.24 bits per heavy atom. The molecule has 0 fully saturated rings. The monoisotopic (exact) mass is 372 g/mol. The zero-order chi connectivity index (χ0) is 17.5. The second-order valence-corrected chi connectivity index (χ2v) is 25.1. The van der Waals surface area contributed by atoms with Gasteiger partial charge in [-0.15, -0.1) is 0 Å². The van der Waals surface area contributed by atoms with E-state index in [1.54, 1.807) is 0 Å². The fourth-order valence-corrected chi connectivity index (χ4v) is 12.2. The van der Waals surface area contributed by atoms with E-state index in [0.717, 1.165) is 0 Å². The summed E-state index contributed by atoms with van der Waals surface area (Å²) in [6, 6.07) is 0. The molecular formula is C12H36O5Si4. The van der Waals surface area contributed by atoms with Crippen LogP contribution in [0.25, 0.3) is 0 Å². The largest absolute Gasteiger partial charge is 0.518 e. The van der Waals surface area contributed by atoms with E-state index in [-0.39, 0.29) is 6.23 Å². The van der Waals surface area contributed by atoms with E-state index in [2.05, 4.69) is 45.8 Å². The molecule has 0 aromatic rings. The van der Waals surface area contributed by atoms with Crippen molar-refractivity contribution in [2.45, 2.75) is 58.9 Å². The van der Waals surface area contributed by atoms with E-state index >= 15 is 0 Å². The zero-order valence-electron chi connectivity index (χ0n) is 15.8. The van der Waals surface area contributed by atoms with Crippen molar-refractivity contribution in [3.63, 3.8) is 0 Å². The first-order valence-electron chi connectivity index (χ1n) is 7.21. The van der Waals surface area contributed by atoms with Crippen molar-refractivity contribution < 1.29 is 22.2 Å². The van der Waals surface area contributed by atoms with E-state index < -0.39 is 33.8 Å². The van der Waals surface area contributed by atoms with Crippen LogP contribution < -0.4 is 0 Å². The van der Waals surface area contributed by atoms with E-state index in [0.29, 0.717) is 0 Å². The Kier molecular flexibility index (Phi) is 10.3. The Morgan fingerprint density at radius 1 is 0.714 bits per heavy atom. The normalized spacial score (nSPS) is 13.7. The van der Waals surface area contributed by atoms with Gasteiger partial charge in [0.25, 0.3) is 0 Å². The molecule has 0 atom stereocenters. The third-order valence-corrected chi connectivity index (χ3v) is 11.0. The predicted octanol–water partition coefficient (Wildman–Crippen LogP) is 3.27. The van der Waals surface area contributed by atoms with Gasteiger partial charge < -0.3 is 22.2 Å². The Hall–Kier alpha value is 0.668. The third-order valence-electron chi connectivity index (χ3n) is 1.77. The fraction of sp³-hybridized carbons (Fsp3) is 1.00. The molecule has 0 aliphatic rings. The van der Waals surface area contributed by atoms with Crippen LogP contribution in [0.4, 0.5) is 0 Å². The minimum atomic E-state index is -2.94. The summed E-state index contributed by atoms with van der Waals surface area (Å²) < 4.78 is 22.3. The summed E-state index contributed by atoms with van der Waals surface area (Å²) in [5, 5.41) is 9.30. The van der Waals surface area contributed by atoms with Crippen LogP contribution in [0.1, 0.15) is 0 Å². The van der Waals surface area contributed by atoms with Crippen LogP contribution in [0.3, 0.4) is 0 Å². The highest BCUT2D eigenvalue weighted by Crippen LogP contribution is 2.20. The molecule has 0 rings (SSSR count). The summed E-state index contributed by atoms with van der Waals surface area (Å²) in [5.74, 6) is 0. The Bertz CT molecular complexity index is 268. The molecule has 130 valence electrons. The first-order chi connectivity index (χ1) is 9.10. The molecule has 9 heteroatoms. The van der Waals surface area contributed by atoms with Gasteiger partial charge in [0.15, 0.2) is 8.32 Å². The van der Waals surface area contributed by atoms with E-state index in [1.807, 2.05) is 13.1 Å². The Labute approximate surface area is 135 Å². The van der Waals surface area contributed by atoms with Crippen LogP contribution in [-0.4, -0.2) is 59.3 Å². The van der Waals surface area contributed by atoms with Crippen molar-refractivity contribution in [2.75, 3.05) is 20.4 Å². The summed E-state index contributed by atoms with van der Waals surface area (Å²) >= 11 is 0. The average Bonchev–Trinajstić information content (AvgIpc) is 2.20. The van der Waals surface area contributed by atoms with Crippen LogP contribution in [0, 0.1) is 0 Å². The molecule has 21 heavy (non-hydrogen) atoms. The summed E-state index contributed by atoms with van der Waals surface area (Å²) in [7, 11) is -4.56. The van der Waals surface area contributed by atoms with Gasteiger partial charge in [-0.25, -0.2) is 0 Å². The lowest BCUT2D eigenvalue weighted by Crippen LogP contribution is -2.58. The molecule has 0 spiro atoms. The smallest absolute Gasteiger partial charge is 0.437 e. The van der Waals surface area contributed by atoms with Gasteiger partial charge in [-0.1, -0.05) is 26.2 Å². The highest BCUT2D eigenvalue weighted by molar-refractivity contribution is 6.85. The van der Waals surface area contributed by atoms with Gasteiger partial charge in [-0.2, -0.15) is 0 Å². The maximum atomic E-state index is 9.30. The molecule has 0 radical (unpaired) electrons. The molecule has 0 aliphatic carbocycles. The van der Waals surface area contributed by atoms with Crippen LogP contribution in [0.2, 0.25) is 58.9 Å². The first-order valence-corrected chi connectivity index (χ1v) is 19.4. The standard InChI is InChI=1S/C8H24O5Si3.C4H12Si/c1-10-16(8-9,11-2)13-15(6,7)12-14(3,4)5;1-5(2,3)4/h9H,8H2,1-7H3;1-4H3. The highest BCUT2D eigenvalue weighted by atomic mass is 28.5. The fourth-order valence-electron chi connectivity index (χ4n) is 1.46. The van der Waals surface area contributed by atoms with Crippen LogP contribution in [0.5, 0.6) is 0 Å². The first kappa shape index (κ1) is 23.9. The summed E-state index contributed by atoms with van der Waals surface area (Å²) in [5.41, 5.74) is 0. The molecule has 0 aromatic heterocycles. The number of aliphatic hydroxyl groups excluding tert-OH is 1. The van der Waals surface area contributed by atoms with Gasteiger partial charge in [0.2, 0.25) is 0 Å². The Balaban J connectivity index is 0. The van der Waals surface area contributed by atoms with Crippen LogP contribution in [0.15, 0.2) is 0 Å². The van der Waals surface area contributed by atoms with Crippen molar-refractivity contribution in [1.82, 2.24) is 0 Å². The van der Waals surface area contributed by atoms with Crippen molar-refractivity contribution in [2.24, 2.45) is 0 Å². The SMILES string of the molecule is CO[Si](CO)(OC)O[Si](C)(C)O[Si](C)(C)C.C[Si](C)(C)C. The van der Waals surface area contributed by atoms with Crippen molar-refractivity contribution in [1.29, 1.82) is 0 Å². The zero-order valence-corrected chi connectivity index (χ0v) is 19.8. The quantitative estimate of drug-likeness (QED) is 0.695. The summed E-state index contributed by atoms with van der Waals surface area (Å²) in [6.45, 7) is 19.5. The molecule has 0 aliphatic heterocycles. The van der Waals surface area contributed by atoms with Crippen LogP contribution in [-0.2, 0) is 17.1 Å². The molecule has 0 bridgehead atoms. The third kappa shape index (κ3) is 15.3. The Morgan fingerprint density at radius 2 is 1.05 bits per heavy atom. The summed E-state index contributed by atoms with van der Waals surface area (Å²) in [6.07, 6.45) is -0.231. The van der Waals surface area contributed by atoms with Gasteiger partial charge in [0, 0.05) is 22.3 Å². The molecule has 5 nitrogen and oxygen atoms in total. The van der Waals surface area contributed by atoms with Gasteiger partial charge in [0.1, 0.15) is 6.23 Å². The lowest BCUT2D eigenvalue weighted by atomic mass is 11.7.